The first-order chi connectivity index (χ1) is 14.3. The quantitative estimate of drug-likeness (QED) is 0.434. The third kappa shape index (κ3) is 3.92. The summed E-state index contributed by atoms with van der Waals surface area (Å²) in [6.45, 7) is 1.47. The van der Waals surface area contributed by atoms with Gasteiger partial charge in [-0.3, -0.25) is 23.9 Å². The zero-order chi connectivity index (χ0) is 22.0. The van der Waals surface area contributed by atoms with Crippen LogP contribution < -0.4 is 5.56 Å². The van der Waals surface area contributed by atoms with Crippen LogP contribution in [-0.2, 0) is 11.8 Å². The molecule has 0 aliphatic carbocycles. The van der Waals surface area contributed by atoms with E-state index in [1.165, 1.54) is 18.9 Å². The number of ketones is 1. The van der Waals surface area contributed by atoms with Crippen molar-refractivity contribution in [3.05, 3.63) is 67.8 Å². The van der Waals surface area contributed by atoms with Crippen LogP contribution in [0.1, 0.15) is 33.5 Å². The van der Waals surface area contributed by atoms with Gasteiger partial charge < -0.3 is 5.11 Å². The summed E-state index contributed by atoms with van der Waals surface area (Å²) in [7, 11) is 1.28. The SMILES string of the molecule is Cc1c(C(=O)CCN2C(=O)/C(=C/c3ccccc3)SC2=S)c(O)n(C)c(=O)c1C#N. The van der Waals surface area contributed by atoms with Crippen molar-refractivity contribution in [2.24, 2.45) is 7.05 Å². The number of thioether (sulfide) groups is 1. The number of hydrogen-bond donors (Lipinski definition) is 1. The molecule has 1 saturated heterocycles. The molecule has 3 rings (SSSR count). The highest BCUT2D eigenvalue weighted by Gasteiger charge is 2.32. The van der Waals surface area contributed by atoms with Crippen molar-refractivity contribution in [2.75, 3.05) is 6.54 Å². The zero-order valence-corrected chi connectivity index (χ0v) is 17.8. The number of aromatic nitrogens is 1. The molecule has 1 aliphatic heterocycles. The van der Waals surface area contributed by atoms with E-state index in [0.717, 1.165) is 21.9 Å². The Kier molecular flexibility index (Phi) is 6.20. The van der Waals surface area contributed by atoms with E-state index in [1.807, 2.05) is 30.3 Å². The van der Waals surface area contributed by atoms with Crippen molar-refractivity contribution in [2.45, 2.75) is 13.3 Å². The van der Waals surface area contributed by atoms with E-state index in [4.69, 9.17) is 12.2 Å². The highest BCUT2D eigenvalue weighted by atomic mass is 32.2. The molecule has 1 fully saturated rings. The van der Waals surface area contributed by atoms with Gasteiger partial charge in [-0.25, -0.2) is 0 Å². The number of carbonyl (C=O) groups is 2. The molecule has 2 heterocycles. The molecular formula is C21H17N3O4S2. The average molecular weight is 440 g/mol. The predicted octanol–water partition coefficient (Wildman–Crippen LogP) is 2.75. The summed E-state index contributed by atoms with van der Waals surface area (Å²) >= 11 is 6.45. The van der Waals surface area contributed by atoms with Crippen molar-refractivity contribution >= 4 is 46.1 Å². The number of aromatic hydroxyl groups is 1. The standard InChI is InChI=1S/C21H17N3O4S2/c1-12-14(11-22)18(26)23(2)20(28)17(12)15(25)8-9-24-19(27)16(30-21(24)29)10-13-6-4-3-5-7-13/h3-7,10,28H,8-9H2,1-2H3/b16-10-. The van der Waals surface area contributed by atoms with E-state index in [2.05, 4.69) is 0 Å². The van der Waals surface area contributed by atoms with E-state index in [0.29, 0.717) is 9.23 Å². The van der Waals surface area contributed by atoms with Crippen LogP contribution in [0.4, 0.5) is 0 Å². The van der Waals surface area contributed by atoms with Crippen molar-refractivity contribution in [1.82, 2.24) is 9.47 Å². The minimum atomic E-state index is -0.674. The minimum Gasteiger partial charge on any atom is -0.494 e. The fraction of sp³-hybridized carbons (Fsp3) is 0.190. The molecule has 0 bridgehead atoms. The van der Waals surface area contributed by atoms with E-state index >= 15 is 0 Å². The summed E-state index contributed by atoms with van der Waals surface area (Å²) in [5, 5.41) is 19.5. The van der Waals surface area contributed by atoms with Crippen LogP contribution in [0.2, 0.25) is 0 Å². The van der Waals surface area contributed by atoms with Crippen molar-refractivity contribution in [1.29, 1.82) is 5.26 Å². The van der Waals surface area contributed by atoms with E-state index in [-0.39, 0.29) is 35.6 Å². The Morgan fingerprint density at radius 1 is 1.30 bits per heavy atom. The molecule has 0 atom stereocenters. The Balaban J connectivity index is 1.81. The second kappa shape index (κ2) is 8.65. The molecule has 152 valence electrons. The third-order valence-corrected chi connectivity index (χ3v) is 6.11. The molecular weight excluding hydrogens is 422 g/mol. The molecule has 9 heteroatoms. The topological polar surface area (TPSA) is 103 Å². The lowest BCUT2D eigenvalue weighted by Gasteiger charge is -2.16. The van der Waals surface area contributed by atoms with Crippen LogP contribution in [0.5, 0.6) is 5.88 Å². The Labute approximate surface area is 182 Å². The number of pyridine rings is 1. The maximum Gasteiger partial charge on any atom is 0.271 e. The minimum absolute atomic E-state index is 0.0270. The molecule has 1 amide bonds. The second-order valence-electron chi connectivity index (χ2n) is 6.59. The zero-order valence-electron chi connectivity index (χ0n) is 16.2. The Bertz CT molecular complexity index is 1190. The smallest absolute Gasteiger partial charge is 0.271 e. The molecule has 1 aromatic carbocycles. The molecule has 1 aliphatic rings. The van der Waals surface area contributed by atoms with Gasteiger partial charge in [-0.15, -0.1) is 0 Å². The van der Waals surface area contributed by atoms with Crippen LogP contribution in [0.3, 0.4) is 0 Å². The number of hydrogen-bond acceptors (Lipinski definition) is 7. The summed E-state index contributed by atoms with van der Waals surface area (Å²) in [6, 6.07) is 11.1. The number of thiocarbonyl (C=S) groups is 1. The summed E-state index contributed by atoms with van der Waals surface area (Å²) in [4.78, 5) is 39.3. The summed E-state index contributed by atoms with van der Waals surface area (Å²) in [6.07, 6.45) is 1.62. The van der Waals surface area contributed by atoms with E-state index in [1.54, 1.807) is 12.1 Å². The number of amides is 1. The van der Waals surface area contributed by atoms with Crippen molar-refractivity contribution < 1.29 is 14.7 Å². The number of benzene rings is 1. The number of rotatable bonds is 5. The number of carbonyl (C=O) groups excluding carboxylic acids is 2. The molecule has 30 heavy (non-hydrogen) atoms. The van der Waals surface area contributed by atoms with Gasteiger partial charge in [0, 0.05) is 20.0 Å². The van der Waals surface area contributed by atoms with Crippen molar-refractivity contribution in [3.63, 3.8) is 0 Å². The maximum absolute atomic E-state index is 12.8. The van der Waals surface area contributed by atoms with Crippen LogP contribution in [-0.4, -0.2) is 37.1 Å². The largest absolute Gasteiger partial charge is 0.494 e. The Morgan fingerprint density at radius 3 is 2.60 bits per heavy atom. The van der Waals surface area contributed by atoms with Gasteiger partial charge in [-0.1, -0.05) is 54.3 Å². The molecule has 0 spiro atoms. The van der Waals surface area contributed by atoms with Crippen molar-refractivity contribution in [3.8, 4) is 11.9 Å². The van der Waals surface area contributed by atoms with Crippen LogP contribution in [0.25, 0.3) is 6.08 Å². The Hall–Kier alpha value is -3.22. The monoisotopic (exact) mass is 439 g/mol. The van der Waals surface area contributed by atoms with Gasteiger partial charge in [0.1, 0.15) is 16.0 Å². The number of nitrogens with zero attached hydrogens (tertiary/aromatic N) is 3. The molecule has 2 aromatic rings. The summed E-state index contributed by atoms with van der Waals surface area (Å²) < 4.78 is 1.20. The number of Topliss-reactive ketones (excluding diaryl/α,β-unsaturated/α-hetero) is 1. The molecule has 1 N–H and O–H groups in total. The molecule has 0 radical (unpaired) electrons. The normalized spacial score (nSPS) is 15.0. The van der Waals surface area contributed by atoms with Gasteiger partial charge in [0.15, 0.2) is 5.78 Å². The first-order valence-corrected chi connectivity index (χ1v) is 10.1. The van der Waals surface area contributed by atoms with Gasteiger partial charge >= 0.3 is 0 Å². The maximum atomic E-state index is 12.8. The highest BCUT2D eigenvalue weighted by Crippen LogP contribution is 2.33. The average Bonchev–Trinajstić information content (AvgIpc) is 2.98. The fourth-order valence-electron chi connectivity index (χ4n) is 3.08. The number of nitriles is 1. The summed E-state index contributed by atoms with van der Waals surface area (Å²) in [5.41, 5.74) is 0.0161. The van der Waals surface area contributed by atoms with Gasteiger partial charge in [-0.05, 0) is 24.1 Å². The lowest BCUT2D eigenvalue weighted by atomic mass is 10.00. The van der Waals surface area contributed by atoms with Crippen LogP contribution in [0, 0.1) is 18.3 Å². The Morgan fingerprint density at radius 2 is 1.97 bits per heavy atom. The predicted molar refractivity (Wildman–Crippen MR) is 118 cm³/mol. The van der Waals surface area contributed by atoms with E-state index in [9.17, 15) is 24.8 Å². The third-order valence-electron chi connectivity index (χ3n) is 4.73. The molecule has 0 unspecified atom stereocenters. The first kappa shape index (κ1) is 21.5. The highest BCUT2D eigenvalue weighted by molar-refractivity contribution is 8.26. The van der Waals surface area contributed by atoms with Gasteiger partial charge in [0.2, 0.25) is 5.88 Å². The van der Waals surface area contributed by atoms with E-state index < -0.39 is 17.2 Å². The second-order valence-corrected chi connectivity index (χ2v) is 8.27. The first-order valence-electron chi connectivity index (χ1n) is 8.92. The fourth-order valence-corrected chi connectivity index (χ4v) is 4.39. The lowest BCUT2D eigenvalue weighted by molar-refractivity contribution is -0.122. The summed E-state index contributed by atoms with van der Waals surface area (Å²) in [5.74, 6) is -1.28. The van der Waals surface area contributed by atoms with Crippen LogP contribution in [0.15, 0.2) is 40.0 Å². The lowest BCUT2D eigenvalue weighted by Crippen LogP contribution is -2.31. The van der Waals surface area contributed by atoms with Gasteiger partial charge in [-0.2, -0.15) is 5.26 Å². The van der Waals surface area contributed by atoms with Gasteiger partial charge in [0.25, 0.3) is 11.5 Å². The molecule has 0 saturated carbocycles. The van der Waals surface area contributed by atoms with Gasteiger partial charge in [0.05, 0.1) is 10.5 Å². The van der Waals surface area contributed by atoms with Crippen LogP contribution >= 0.6 is 24.0 Å². The molecule has 7 nitrogen and oxygen atoms in total. The molecule has 1 aromatic heterocycles.